The number of likely N-dealkylation sites (tertiary alicyclic amines) is 1. The number of nitrogens with zero attached hydrogens (tertiary/aromatic N) is 2. The number of piperidine rings is 1. The van der Waals surface area contributed by atoms with Gasteiger partial charge in [0.1, 0.15) is 6.61 Å². The average Bonchev–Trinajstić information content (AvgIpc) is 2.35. The second kappa shape index (κ2) is 8.06. The van der Waals surface area contributed by atoms with Crippen LogP contribution in [0.3, 0.4) is 0 Å². The Balaban J connectivity index is 2.26. The Bertz CT molecular complexity index is 328. The second-order valence-corrected chi connectivity index (χ2v) is 5.50. The van der Waals surface area contributed by atoms with Gasteiger partial charge in [-0.25, -0.2) is 9.59 Å². The minimum absolute atomic E-state index is 0.0592. The quantitative estimate of drug-likeness (QED) is 0.730. The van der Waals surface area contributed by atoms with E-state index in [1.54, 1.807) is 4.90 Å². The molecule has 1 aliphatic heterocycles. The molecule has 2 N–H and O–H groups in total. The third-order valence-corrected chi connectivity index (χ3v) is 3.18. The molecule has 1 rings (SSSR count). The van der Waals surface area contributed by atoms with Crippen LogP contribution in [-0.2, 0) is 9.53 Å². The standard InChI is InChI=1S/C13H25N3O4/c1-10(8-15(2)3)14-13(19)16-6-4-11(5-7-16)20-9-12(17)18/h10-11H,4-9H2,1-3H3,(H,14,19)(H,17,18). The fourth-order valence-electron chi connectivity index (χ4n) is 2.31. The zero-order valence-corrected chi connectivity index (χ0v) is 12.5. The number of rotatable bonds is 6. The zero-order valence-electron chi connectivity index (χ0n) is 12.5. The van der Waals surface area contributed by atoms with E-state index in [1.807, 2.05) is 25.9 Å². The highest BCUT2D eigenvalue weighted by Gasteiger charge is 2.24. The van der Waals surface area contributed by atoms with Gasteiger partial charge in [0.25, 0.3) is 0 Å². The van der Waals surface area contributed by atoms with E-state index in [2.05, 4.69) is 5.32 Å². The fraction of sp³-hybridized carbons (Fsp3) is 0.846. The largest absolute Gasteiger partial charge is 0.480 e. The lowest BCUT2D eigenvalue weighted by Gasteiger charge is -2.32. The number of carbonyl (C=O) groups excluding carboxylic acids is 1. The number of ether oxygens (including phenoxy) is 1. The summed E-state index contributed by atoms with van der Waals surface area (Å²) in [5.74, 6) is -0.956. The monoisotopic (exact) mass is 287 g/mol. The van der Waals surface area contributed by atoms with Gasteiger partial charge in [-0.3, -0.25) is 0 Å². The molecule has 0 aliphatic carbocycles. The molecule has 1 fully saturated rings. The van der Waals surface area contributed by atoms with Crippen LogP contribution >= 0.6 is 0 Å². The lowest BCUT2D eigenvalue weighted by Crippen LogP contribution is -2.50. The van der Waals surface area contributed by atoms with Crippen molar-refractivity contribution in [2.45, 2.75) is 31.9 Å². The predicted octanol–water partition coefficient (Wildman–Crippen LogP) is 0.212. The molecule has 0 aromatic carbocycles. The highest BCUT2D eigenvalue weighted by Crippen LogP contribution is 2.13. The predicted molar refractivity (Wildman–Crippen MR) is 74.7 cm³/mol. The van der Waals surface area contributed by atoms with Crippen molar-refractivity contribution in [2.24, 2.45) is 0 Å². The van der Waals surface area contributed by atoms with E-state index in [0.29, 0.717) is 25.9 Å². The molecule has 0 spiro atoms. The minimum atomic E-state index is -0.956. The van der Waals surface area contributed by atoms with E-state index in [-0.39, 0.29) is 24.8 Å². The van der Waals surface area contributed by atoms with Crippen molar-refractivity contribution < 1.29 is 19.4 Å². The van der Waals surface area contributed by atoms with Gasteiger partial charge in [-0.15, -0.1) is 0 Å². The molecule has 0 saturated carbocycles. The smallest absolute Gasteiger partial charge is 0.329 e. The number of carbonyl (C=O) groups is 2. The first kappa shape index (κ1) is 16.7. The fourth-order valence-corrected chi connectivity index (χ4v) is 2.31. The summed E-state index contributed by atoms with van der Waals surface area (Å²) in [4.78, 5) is 26.2. The van der Waals surface area contributed by atoms with Crippen molar-refractivity contribution in [1.29, 1.82) is 0 Å². The Morgan fingerprint density at radius 1 is 1.40 bits per heavy atom. The van der Waals surface area contributed by atoms with Crippen molar-refractivity contribution >= 4 is 12.0 Å². The Morgan fingerprint density at radius 2 is 2.00 bits per heavy atom. The van der Waals surface area contributed by atoms with Crippen molar-refractivity contribution in [3.8, 4) is 0 Å². The number of carboxylic acid groups (broad SMARTS) is 1. The molecule has 0 bridgehead atoms. The number of urea groups is 1. The molecule has 0 aromatic heterocycles. The first-order valence-electron chi connectivity index (χ1n) is 6.92. The maximum absolute atomic E-state index is 12.0. The third kappa shape index (κ3) is 6.21. The zero-order chi connectivity index (χ0) is 15.1. The number of amides is 2. The third-order valence-electron chi connectivity index (χ3n) is 3.18. The number of nitrogens with one attached hydrogen (secondary N) is 1. The molecule has 116 valence electrons. The molecule has 1 unspecified atom stereocenters. The molecule has 7 nitrogen and oxygen atoms in total. The summed E-state index contributed by atoms with van der Waals surface area (Å²) >= 11 is 0. The van der Waals surface area contributed by atoms with Crippen LogP contribution < -0.4 is 5.32 Å². The van der Waals surface area contributed by atoms with Crippen molar-refractivity contribution in [2.75, 3.05) is 40.3 Å². The van der Waals surface area contributed by atoms with Gasteiger partial charge in [0.05, 0.1) is 6.10 Å². The van der Waals surface area contributed by atoms with Crippen LogP contribution in [-0.4, -0.2) is 79.4 Å². The van der Waals surface area contributed by atoms with Gasteiger partial charge in [0.15, 0.2) is 0 Å². The molecular formula is C13H25N3O4. The molecular weight excluding hydrogens is 262 g/mol. The molecule has 20 heavy (non-hydrogen) atoms. The van der Waals surface area contributed by atoms with Crippen LogP contribution in [0.4, 0.5) is 4.79 Å². The van der Waals surface area contributed by atoms with E-state index < -0.39 is 5.97 Å². The normalized spacial score (nSPS) is 18.1. The number of carboxylic acids is 1. The summed E-state index contributed by atoms with van der Waals surface area (Å²) in [7, 11) is 3.93. The van der Waals surface area contributed by atoms with Crippen LogP contribution in [0.15, 0.2) is 0 Å². The molecule has 0 aromatic rings. The molecule has 1 saturated heterocycles. The first-order chi connectivity index (χ1) is 9.38. The number of aliphatic carboxylic acids is 1. The van der Waals surface area contributed by atoms with Gasteiger partial charge in [-0.05, 0) is 33.9 Å². The number of hydrogen-bond acceptors (Lipinski definition) is 4. The Morgan fingerprint density at radius 3 is 2.50 bits per heavy atom. The Kier molecular flexibility index (Phi) is 6.74. The Labute approximate surface area is 119 Å². The van der Waals surface area contributed by atoms with Gasteiger partial charge in [0, 0.05) is 25.7 Å². The molecule has 1 atom stereocenters. The van der Waals surface area contributed by atoms with Gasteiger partial charge in [0.2, 0.25) is 0 Å². The first-order valence-corrected chi connectivity index (χ1v) is 6.92. The highest BCUT2D eigenvalue weighted by atomic mass is 16.5. The van der Waals surface area contributed by atoms with E-state index in [0.717, 1.165) is 6.54 Å². The van der Waals surface area contributed by atoms with E-state index >= 15 is 0 Å². The van der Waals surface area contributed by atoms with Gasteiger partial charge in [-0.1, -0.05) is 0 Å². The summed E-state index contributed by atoms with van der Waals surface area (Å²) in [6, 6.07) is 0.0366. The summed E-state index contributed by atoms with van der Waals surface area (Å²) in [6.07, 6.45) is 1.31. The minimum Gasteiger partial charge on any atom is -0.480 e. The van der Waals surface area contributed by atoms with Crippen LogP contribution in [0.1, 0.15) is 19.8 Å². The van der Waals surface area contributed by atoms with Crippen LogP contribution in [0, 0.1) is 0 Å². The summed E-state index contributed by atoms with van der Waals surface area (Å²) in [5.41, 5.74) is 0. The topological polar surface area (TPSA) is 82.1 Å². The highest BCUT2D eigenvalue weighted by molar-refractivity contribution is 5.74. The molecule has 0 radical (unpaired) electrons. The SMILES string of the molecule is CC(CN(C)C)NC(=O)N1CCC(OCC(=O)O)CC1. The van der Waals surface area contributed by atoms with Gasteiger partial charge >= 0.3 is 12.0 Å². The lowest BCUT2D eigenvalue weighted by atomic mass is 10.1. The molecule has 7 heteroatoms. The lowest BCUT2D eigenvalue weighted by molar-refractivity contribution is -0.145. The summed E-state index contributed by atoms with van der Waals surface area (Å²) < 4.78 is 5.24. The average molecular weight is 287 g/mol. The van der Waals surface area contributed by atoms with Crippen molar-refractivity contribution in [3.05, 3.63) is 0 Å². The number of hydrogen-bond donors (Lipinski definition) is 2. The summed E-state index contributed by atoms with van der Waals surface area (Å²) in [5, 5.41) is 11.5. The second-order valence-electron chi connectivity index (χ2n) is 5.50. The van der Waals surface area contributed by atoms with Gasteiger partial charge in [-0.2, -0.15) is 0 Å². The molecule has 1 heterocycles. The molecule has 1 aliphatic rings. The molecule has 2 amide bonds. The number of likely N-dealkylation sites (N-methyl/N-ethyl adjacent to an activating group) is 1. The van der Waals surface area contributed by atoms with Crippen LogP contribution in [0.25, 0.3) is 0 Å². The van der Waals surface area contributed by atoms with Crippen molar-refractivity contribution in [3.63, 3.8) is 0 Å². The van der Waals surface area contributed by atoms with E-state index in [1.165, 1.54) is 0 Å². The van der Waals surface area contributed by atoms with Crippen molar-refractivity contribution in [1.82, 2.24) is 15.1 Å². The van der Waals surface area contributed by atoms with E-state index in [4.69, 9.17) is 9.84 Å². The Hall–Kier alpha value is -1.34. The maximum atomic E-state index is 12.0. The van der Waals surface area contributed by atoms with Crippen LogP contribution in [0.2, 0.25) is 0 Å². The van der Waals surface area contributed by atoms with Gasteiger partial charge < -0.3 is 25.0 Å². The maximum Gasteiger partial charge on any atom is 0.329 e. The van der Waals surface area contributed by atoms with E-state index in [9.17, 15) is 9.59 Å². The van der Waals surface area contributed by atoms with Crippen LogP contribution in [0.5, 0.6) is 0 Å². The summed E-state index contributed by atoms with van der Waals surface area (Å²) in [6.45, 7) is 3.71.